The average Bonchev–Trinajstić information content (AvgIpc) is 3.16. The Labute approximate surface area is 160 Å². The summed E-state index contributed by atoms with van der Waals surface area (Å²) in [5.74, 6) is 0.528. The van der Waals surface area contributed by atoms with Gasteiger partial charge < -0.3 is 4.90 Å². The molecule has 1 saturated heterocycles. The van der Waals surface area contributed by atoms with Crippen LogP contribution in [0.3, 0.4) is 0 Å². The van der Waals surface area contributed by atoms with Crippen molar-refractivity contribution in [2.24, 2.45) is 5.41 Å². The van der Waals surface area contributed by atoms with Gasteiger partial charge in [-0.05, 0) is 29.2 Å². The number of nitrogens with one attached hydrogen (secondary N) is 1. The van der Waals surface area contributed by atoms with Crippen molar-refractivity contribution in [2.45, 2.75) is 39.5 Å². The number of benzene rings is 2. The Hall–Kier alpha value is -2.62. The summed E-state index contributed by atoms with van der Waals surface area (Å²) in [7, 11) is 0. The van der Waals surface area contributed by atoms with Gasteiger partial charge >= 0.3 is 0 Å². The number of aromatic nitrogens is 2. The first-order valence-corrected chi connectivity index (χ1v) is 9.76. The molecule has 1 aliphatic heterocycles. The highest BCUT2D eigenvalue weighted by atomic mass is 16.2. The largest absolute Gasteiger partial charge is 0.342 e. The van der Waals surface area contributed by atoms with E-state index in [1.165, 1.54) is 16.3 Å². The van der Waals surface area contributed by atoms with Crippen molar-refractivity contribution in [1.29, 1.82) is 0 Å². The maximum atomic E-state index is 12.8. The molecular weight excluding hydrogens is 334 g/mol. The Kier molecular flexibility index (Phi) is 4.50. The van der Waals surface area contributed by atoms with Crippen LogP contribution in [-0.2, 0) is 4.79 Å². The minimum atomic E-state index is -0.339. The smallest absolute Gasteiger partial charge is 0.227 e. The highest BCUT2D eigenvalue weighted by Gasteiger charge is 2.32. The van der Waals surface area contributed by atoms with Gasteiger partial charge in [-0.2, -0.15) is 5.10 Å². The van der Waals surface area contributed by atoms with Gasteiger partial charge in [-0.3, -0.25) is 9.89 Å². The third kappa shape index (κ3) is 3.36. The summed E-state index contributed by atoms with van der Waals surface area (Å²) in [6.07, 6.45) is 4.04. The quantitative estimate of drug-likeness (QED) is 0.700. The summed E-state index contributed by atoms with van der Waals surface area (Å²) in [5, 5.41) is 10.1. The number of carbonyl (C=O) groups is 1. The molecule has 1 aliphatic rings. The number of H-pyrrole nitrogens is 1. The van der Waals surface area contributed by atoms with E-state index in [0.717, 1.165) is 37.2 Å². The zero-order chi connectivity index (χ0) is 19.0. The topological polar surface area (TPSA) is 49.0 Å². The average molecular weight is 361 g/mol. The van der Waals surface area contributed by atoms with E-state index in [1.807, 2.05) is 31.9 Å². The number of hydrogen-bond acceptors (Lipinski definition) is 2. The molecule has 2 aromatic carbocycles. The summed E-state index contributed by atoms with van der Waals surface area (Å²) in [5.41, 5.74) is 3.17. The van der Waals surface area contributed by atoms with Gasteiger partial charge in [-0.15, -0.1) is 0 Å². The second-order valence-electron chi connectivity index (χ2n) is 8.56. The molecule has 1 fully saturated rings. The Morgan fingerprint density at radius 2 is 1.89 bits per heavy atom. The van der Waals surface area contributed by atoms with Crippen molar-refractivity contribution in [2.75, 3.05) is 13.1 Å². The highest BCUT2D eigenvalue weighted by Crippen LogP contribution is 2.36. The number of carbonyl (C=O) groups excluding carboxylic acids is 1. The van der Waals surface area contributed by atoms with Crippen molar-refractivity contribution in [3.8, 4) is 11.1 Å². The number of hydrogen-bond donors (Lipinski definition) is 1. The molecule has 2 heterocycles. The predicted octanol–water partition coefficient (Wildman–Crippen LogP) is 4.98. The standard InChI is InChI=1S/C23H27N3O/c1-23(2,3)22(27)26-13-7-10-17(15-26)21-20(14-24-25-21)19-12-6-9-16-8-4-5-11-18(16)19/h4-6,8-9,11-12,14,17H,7,10,13,15H2,1-3H3,(H,24,25). The van der Waals surface area contributed by atoms with Crippen LogP contribution in [0, 0.1) is 5.41 Å². The summed E-state index contributed by atoms with van der Waals surface area (Å²) >= 11 is 0. The van der Waals surface area contributed by atoms with Crippen LogP contribution in [0.1, 0.15) is 45.2 Å². The van der Waals surface area contributed by atoms with E-state index >= 15 is 0 Å². The van der Waals surface area contributed by atoms with E-state index in [-0.39, 0.29) is 11.3 Å². The molecule has 0 bridgehead atoms. The molecule has 4 nitrogen and oxygen atoms in total. The van der Waals surface area contributed by atoms with Crippen molar-refractivity contribution < 1.29 is 4.79 Å². The zero-order valence-corrected chi connectivity index (χ0v) is 16.3. The van der Waals surface area contributed by atoms with E-state index in [4.69, 9.17) is 0 Å². The number of fused-ring (bicyclic) bond motifs is 1. The summed E-state index contributed by atoms with van der Waals surface area (Å²) in [6, 6.07) is 14.9. The Morgan fingerprint density at radius 3 is 2.70 bits per heavy atom. The van der Waals surface area contributed by atoms with Crippen LogP contribution in [0.25, 0.3) is 21.9 Å². The van der Waals surface area contributed by atoms with Crippen LogP contribution in [0.5, 0.6) is 0 Å². The van der Waals surface area contributed by atoms with E-state index < -0.39 is 0 Å². The minimum absolute atomic E-state index is 0.235. The summed E-state index contributed by atoms with van der Waals surface area (Å²) < 4.78 is 0. The molecular formula is C23H27N3O. The predicted molar refractivity (Wildman–Crippen MR) is 110 cm³/mol. The van der Waals surface area contributed by atoms with Gasteiger partial charge in [0.15, 0.2) is 0 Å². The van der Waals surface area contributed by atoms with Crippen molar-refractivity contribution in [1.82, 2.24) is 15.1 Å². The van der Waals surface area contributed by atoms with Gasteiger partial charge in [0, 0.05) is 35.7 Å². The molecule has 4 heteroatoms. The molecule has 140 valence electrons. The molecule has 4 rings (SSSR count). The number of amides is 1. The van der Waals surface area contributed by atoms with Crippen LogP contribution in [0.15, 0.2) is 48.7 Å². The van der Waals surface area contributed by atoms with Crippen LogP contribution >= 0.6 is 0 Å². The zero-order valence-electron chi connectivity index (χ0n) is 16.3. The van der Waals surface area contributed by atoms with Gasteiger partial charge in [-0.1, -0.05) is 63.2 Å². The van der Waals surface area contributed by atoms with Crippen molar-refractivity contribution in [3.05, 3.63) is 54.4 Å². The van der Waals surface area contributed by atoms with Crippen LogP contribution in [-0.4, -0.2) is 34.1 Å². The summed E-state index contributed by atoms with van der Waals surface area (Å²) in [4.78, 5) is 14.8. The van der Waals surface area contributed by atoms with Gasteiger partial charge in [0.25, 0.3) is 0 Å². The lowest BCUT2D eigenvalue weighted by molar-refractivity contribution is -0.140. The third-order valence-electron chi connectivity index (χ3n) is 5.51. The van der Waals surface area contributed by atoms with E-state index in [1.54, 1.807) is 0 Å². The Morgan fingerprint density at radius 1 is 1.11 bits per heavy atom. The highest BCUT2D eigenvalue weighted by molar-refractivity contribution is 5.97. The fourth-order valence-corrected chi connectivity index (χ4v) is 4.15. The normalized spacial score (nSPS) is 18.0. The van der Waals surface area contributed by atoms with Crippen molar-refractivity contribution in [3.63, 3.8) is 0 Å². The lowest BCUT2D eigenvalue weighted by Crippen LogP contribution is -2.44. The SMILES string of the molecule is CC(C)(C)C(=O)N1CCCC(c2[nH]ncc2-c2cccc3ccccc23)C1. The summed E-state index contributed by atoms with van der Waals surface area (Å²) in [6.45, 7) is 7.60. The maximum absolute atomic E-state index is 12.8. The molecule has 0 saturated carbocycles. The molecule has 1 amide bonds. The lowest BCUT2D eigenvalue weighted by atomic mass is 9.87. The van der Waals surface area contributed by atoms with E-state index in [9.17, 15) is 4.79 Å². The first kappa shape index (κ1) is 17.8. The van der Waals surface area contributed by atoms with Crippen molar-refractivity contribution >= 4 is 16.7 Å². The number of nitrogens with zero attached hydrogens (tertiary/aromatic N) is 2. The number of aromatic amines is 1. The van der Waals surface area contributed by atoms with Crippen LogP contribution in [0.4, 0.5) is 0 Å². The first-order valence-electron chi connectivity index (χ1n) is 9.76. The minimum Gasteiger partial charge on any atom is -0.342 e. The molecule has 1 N–H and O–H groups in total. The third-order valence-corrected chi connectivity index (χ3v) is 5.51. The molecule has 1 atom stereocenters. The van der Waals surface area contributed by atoms with Gasteiger partial charge in [0.1, 0.15) is 0 Å². The van der Waals surface area contributed by atoms with Gasteiger partial charge in [0.05, 0.1) is 6.20 Å². The number of rotatable bonds is 2. The number of piperidine rings is 1. The lowest BCUT2D eigenvalue weighted by Gasteiger charge is -2.36. The number of likely N-dealkylation sites (tertiary alicyclic amines) is 1. The van der Waals surface area contributed by atoms with Gasteiger partial charge in [-0.25, -0.2) is 0 Å². The van der Waals surface area contributed by atoms with Crippen LogP contribution in [0.2, 0.25) is 0 Å². The first-order chi connectivity index (χ1) is 12.9. The molecule has 3 aromatic rings. The fraction of sp³-hybridized carbons (Fsp3) is 0.391. The monoisotopic (exact) mass is 361 g/mol. The van der Waals surface area contributed by atoms with Gasteiger partial charge in [0.2, 0.25) is 5.91 Å². The second-order valence-corrected chi connectivity index (χ2v) is 8.56. The van der Waals surface area contributed by atoms with E-state index in [2.05, 4.69) is 52.7 Å². The van der Waals surface area contributed by atoms with Crippen LogP contribution < -0.4 is 0 Å². The Balaban J connectivity index is 1.69. The second kappa shape index (κ2) is 6.84. The molecule has 27 heavy (non-hydrogen) atoms. The van der Waals surface area contributed by atoms with E-state index in [0.29, 0.717) is 5.92 Å². The molecule has 0 radical (unpaired) electrons. The maximum Gasteiger partial charge on any atom is 0.227 e. The molecule has 1 unspecified atom stereocenters. The molecule has 0 spiro atoms. The fourth-order valence-electron chi connectivity index (χ4n) is 4.15. The Bertz CT molecular complexity index is 962. The molecule has 1 aromatic heterocycles. The molecule has 0 aliphatic carbocycles.